The summed E-state index contributed by atoms with van der Waals surface area (Å²) in [7, 11) is -0.601. The number of sulfonamides is 1. The molecule has 0 bridgehead atoms. The lowest BCUT2D eigenvalue weighted by Gasteiger charge is -2.35. The van der Waals surface area contributed by atoms with Crippen molar-refractivity contribution >= 4 is 15.9 Å². The molecule has 7 nitrogen and oxygen atoms in total. The Morgan fingerprint density at radius 2 is 1.54 bits per heavy atom. The first-order valence-electron chi connectivity index (χ1n) is 11.6. The molecular weight excluding hydrogens is 462 g/mol. The second-order valence-corrected chi connectivity index (χ2v) is 10.7. The molecule has 0 aliphatic carbocycles. The van der Waals surface area contributed by atoms with Crippen LogP contribution in [0.2, 0.25) is 0 Å². The van der Waals surface area contributed by atoms with Gasteiger partial charge in [0.05, 0.1) is 12.0 Å². The number of rotatable bonds is 8. The third kappa shape index (κ3) is 5.90. The number of carbonyl (C=O) groups is 1. The van der Waals surface area contributed by atoms with Crippen LogP contribution in [-0.2, 0) is 23.1 Å². The maximum absolute atomic E-state index is 13.3. The highest BCUT2D eigenvalue weighted by molar-refractivity contribution is 7.89. The second kappa shape index (κ2) is 11.0. The minimum Gasteiger partial charge on any atom is -0.496 e. The summed E-state index contributed by atoms with van der Waals surface area (Å²) < 4.78 is 32.7. The maximum atomic E-state index is 13.3. The Labute approximate surface area is 207 Å². The van der Waals surface area contributed by atoms with Crippen molar-refractivity contribution in [2.24, 2.45) is 0 Å². The average Bonchev–Trinajstić information content (AvgIpc) is 2.89. The molecule has 1 fully saturated rings. The first kappa shape index (κ1) is 24.9. The van der Waals surface area contributed by atoms with Crippen LogP contribution in [-0.4, -0.2) is 68.8 Å². The number of methoxy groups -OCH3 is 1. The molecule has 1 aliphatic heterocycles. The molecule has 0 N–H and O–H groups in total. The molecule has 4 rings (SSSR count). The molecule has 0 aromatic heterocycles. The Morgan fingerprint density at radius 3 is 2.17 bits per heavy atom. The van der Waals surface area contributed by atoms with Crippen molar-refractivity contribution in [2.75, 3.05) is 40.3 Å². The van der Waals surface area contributed by atoms with E-state index in [9.17, 15) is 13.2 Å². The van der Waals surface area contributed by atoms with E-state index >= 15 is 0 Å². The van der Waals surface area contributed by atoms with E-state index in [0.717, 1.165) is 19.6 Å². The smallest absolute Gasteiger partial charge is 0.253 e. The zero-order chi connectivity index (χ0) is 24.8. The number of amides is 1. The van der Waals surface area contributed by atoms with Gasteiger partial charge in [0.1, 0.15) is 5.75 Å². The molecule has 1 aliphatic rings. The van der Waals surface area contributed by atoms with Crippen LogP contribution in [0.4, 0.5) is 0 Å². The number of carbonyl (C=O) groups excluding carboxylic acids is 1. The van der Waals surface area contributed by atoms with Crippen LogP contribution in [0, 0.1) is 0 Å². The summed E-state index contributed by atoms with van der Waals surface area (Å²) in [5, 5.41) is 0. The van der Waals surface area contributed by atoms with E-state index in [1.165, 1.54) is 24.0 Å². The highest BCUT2D eigenvalue weighted by Gasteiger charge is 2.25. The summed E-state index contributed by atoms with van der Waals surface area (Å²) in [6.07, 6.45) is 0. The zero-order valence-corrected chi connectivity index (χ0v) is 20.9. The molecule has 0 spiro atoms. The molecular formula is C27H31N3O4S. The van der Waals surface area contributed by atoms with Gasteiger partial charge in [-0.15, -0.1) is 0 Å². The lowest BCUT2D eigenvalue weighted by molar-refractivity contribution is 0.0628. The summed E-state index contributed by atoms with van der Waals surface area (Å²) in [5.74, 6) is 0.492. The number of benzene rings is 3. The van der Waals surface area contributed by atoms with Crippen molar-refractivity contribution < 1.29 is 17.9 Å². The van der Waals surface area contributed by atoms with E-state index in [4.69, 9.17) is 4.74 Å². The van der Waals surface area contributed by atoms with Crippen molar-refractivity contribution in [1.82, 2.24) is 14.1 Å². The lowest BCUT2D eigenvalue weighted by Crippen LogP contribution is -2.48. The Morgan fingerprint density at radius 1 is 0.914 bits per heavy atom. The van der Waals surface area contributed by atoms with Gasteiger partial charge in [0.2, 0.25) is 10.0 Å². The highest BCUT2D eigenvalue weighted by Crippen LogP contribution is 2.25. The fraction of sp³-hybridized carbons (Fsp3) is 0.296. The van der Waals surface area contributed by atoms with Crippen LogP contribution in [0.5, 0.6) is 5.75 Å². The summed E-state index contributed by atoms with van der Waals surface area (Å²) in [6.45, 7) is 3.87. The minimum atomic E-state index is -3.67. The fourth-order valence-corrected chi connectivity index (χ4v) is 5.44. The molecule has 0 atom stereocenters. The van der Waals surface area contributed by atoms with Gasteiger partial charge in [0.15, 0.2) is 0 Å². The van der Waals surface area contributed by atoms with E-state index in [2.05, 4.69) is 17.0 Å². The zero-order valence-electron chi connectivity index (χ0n) is 20.1. The normalized spacial score (nSPS) is 14.8. The average molecular weight is 494 g/mol. The van der Waals surface area contributed by atoms with Gasteiger partial charge >= 0.3 is 0 Å². The number of hydrogen-bond acceptors (Lipinski definition) is 5. The maximum Gasteiger partial charge on any atom is 0.253 e. The van der Waals surface area contributed by atoms with Gasteiger partial charge in [0, 0.05) is 57.4 Å². The molecule has 35 heavy (non-hydrogen) atoms. The molecule has 0 unspecified atom stereocenters. The largest absolute Gasteiger partial charge is 0.496 e. The van der Waals surface area contributed by atoms with Gasteiger partial charge < -0.3 is 9.64 Å². The Bertz CT molecular complexity index is 1240. The Balaban J connectivity index is 1.44. The van der Waals surface area contributed by atoms with Crippen LogP contribution < -0.4 is 4.74 Å². The van der Waals surface area contributed by atoms with Crippen molar-refractivity contribution in [3.8, 4) is 5.75 Å². The predicted octanol–water partition coefficient (Wildman–Crippen LogP) is 3.47. The molecule has 3 aromatic rings. The van der Waals surface area contributed by atoms with Gasteiger partial charge in [-0.2, -0.15) is 4.31 Å². The topological polar surface area (TPSA) is 70.2 Å². The fourth-order valence-electron chi connectivity index (χ4n) is 4.27. The minimum absolute atomic E-state index is 0.0539. The van der Waals surface area contributed by atoms with E-state index in [0.29, 0.717) is 30.0 Å². The van der Waals surface area contributed by atoms with Crippen LogP contribution in [0.1, 0.15) is 21.5 Å². The van der Waals surface area contributed by atoms with Crippen LogP contribution in [0.15, 0.2) is 83.8 Å². The summed E-state index contributed by atoms with van der Waals surface area (Å²) in [6, 6.07) is 23.9. The van der Waals surface area contributed by atoms with Gasteiger partial charge in [-0.1, -0.05) is 48.5 Å². The van der Waals surface area contributed by atoms with Gasteiger partial charge in [-0.05, 0) is 35.9 Å². The lowest BCUT2D eigenvalue weighted by atomic mass is 10.1. The van der Waals surface area contributed by atoms with E-state index in [-0.39, 0.29) is 17.3 Å². The number of nitrogens with zero attached hydrogens (tertiary/aromatic N) is 3. The molecule has 1 amide bonds. The summed E-state index contributed by atoms with van der Waals surface area (Å²) >= 11 is 0. The molecule has 8 heteroatoms. The highest BCUT2D eigenvalue weighted by atomic mass is 32.2. The van der Waals surface area contributed by atoms with Gasteiger partial charge in [-0.25, -0.2) is 8.42 Å². The first-order chi connectivity index (χ1) is 16.9. The standard InChI is InChI=1S/C27H31N3O4S/c1-28(35(32,33)25-11-7-4-8-12-25)21-24-19-23(13-14-26(24)34-2)27(31)30-17-15-29(16-18-30)20-22-9-5-3-6-10-22/h3-14,19H,15-18,20-21H2,1-2H3. The van der Waals surface area contributed by atoms with Crippen molar-refractivity contribution in [3.05, 3.63) is 95.6 Å². The van der Waals surface area contributed by atoms with Gasteiger partial charge in [0.25, 0.3) is 5.91 Å². The van der Waals surface area contributed by atoms with E-state index in [1.807, 2.05) is 23.1 Å². The number of hydrogen-bond donors (Lipinski definition) is 0. The van der Waals surface area contributed by atoms with Crippen LogP contribution >= 0.6 is 0 Å². The number of ether oxygens (including phenoxy) is 1. The molecule has 1 heterocycles. The van der Waals surface area contributed by atoms with Crippen LogP contribution in [0.3, 0.4) is 0 Å². The van der Waals surface area contributed by atoms with Gasteiger partial charge in [-0.3, -0.25) is 9.69 Å². The summed E-state index contributed by atoms with van der Waals surface area (Å²) in [5.41, 5.74) is 2.44. The summed E-state index contributed by atoms with van der Waals surface area (Å²) in [4.78, 5) is 17.7. The predicted molar refractivity (Wildman–Crippen MR) is 136 cm³/mol. The van der Waals surface area contributed by atoms with Crippen LogP contribution in [0.25, 0.3) is 0 Å². The quantitative estimate of drug-likeness (QED) is 0.481. The Hall–Kier alpha value is -3.20. The molecule has 1 saturated heterocycles. The monoisotopic (exact) mass is 493 g/mol. The molecule has 3 aromatic carbocycles. The third-order valence-electron chi connectivity index (χ3n) is 6.28. The third-order valence-corrected chi connectivity index (χ3v) is 8.10. The Kier molecular flexibility index (Phi) is 7.85. The van der Waals surface area contributed by atoms with E-state index < -0.39 is 10.0 Å². The van der Waals surface area contributed by atoms with Crippen molar-refractivity contribution in [2.45, 2.75) is 18.0 Å². The second-order valence-electron chi connectivity index (χ2n) is 8.65. The van der Waals surface area contributed by atoms with E-state index in [1.54, 1.807) is 48.5 Å². The number of piperazine rings is 1. The molecule has 184 valence electrons. The first-order valence-corrected chi connectivity index (χ1v) is 13.1. The van der Waals surface area contributed by atoms with Crippen molar-refractivity contribution in [1.29, 1.82) is 0 Å². The van der Waals surface area contributed by atoms with Crippen molar-refractivity contribution in [3.63, 3.8) is 0 Å². The SMILES string of the molecule is COc1ccc(C(=O)N2CCN(Cc3ccccc3)CC2)cc1CN(C)S(=O)(=O)c1ccccc1. The molecule has 0 saturated carbocycles. The molecule has 0 radical (unpaired) electrons.